The third kappa shape index (κ3) is 3.29. The van der Waals surface area contributed by atoms with Gasteiger partial charge in [0.15, 0.2) is 5.78 Å². The van der Waals surface area contributed by atoms with Gasteiger partial charge in [-0.2, -0.15) is 5.10 Å². The van der Waals surface area contributed by atoms with Gasteiger partial charge in [0, 0.05) is 18.5 Å². The summed E-state index contributed by atoms with van der Waals surface area (Å²) in [7, 11) is 0. The van der Waals surface area contributed by atoms with Gasteiger partial charge in [-0.1, -0.05) is 6.07 Å². The summed E-state index contributed by atoms with van der Waals surface area (Å²) >= 11 is 0. The summed E-state index contributed by atoms with van der Waals surface area (Å²) in [6.07, 6.45) is 5.06. The molecule has 102 valence electrons. The first-order valence-corrected chi connectivity index (χ1v) is 5.67. The molecule has 2 N–H and O–H groups in total. The molecule has 0 aliphatic carbocycles. The molecule has 0 aromatic carbocycles. The van der Waals surface area contributed by atoms with Crippen molar-refractivity contribution in [1.82, 2.24) is 14.8 Å². The number of ketones is 1. The van der Waals surface area contributed by atoms with E-state index in [0.29, 0.717) is 12.6 Å². The van der Waals surface area contributed by atoms with Gasteiger partial charge in [0.1, 0.15) is 0 Å². The second kappa shape index (κ2) is 5.79. The minimum absolute atomic E-state index is 0.189. The maximum Gasteiger partial charge on any atom is 0.371 e. The number of allylic oxidation sites excluding steroid dienone is 1. The minimum atomic E-state index is -1.56. The minimum Gasteiger partial charge on any atom is -0.502 e. The number of hydrogen-bond donors (Lipinski definition) is 2. The lowest BCUT2D eigenvalue weighted by atomic mass is 10.2. The molecular weight excluding hydrogens is 262 g/mol. The number of rotatable bonds is 5. The molecule has 7 nitrogen and oxygen atoms in total. The molecule has 0 radical (unpaired) electrons. The molecule has 0 atom stereocenters. The van der Waals surface area contributed by atoms with Crippen LogP contribution in [0.15, 0.2) is 48.6 Å². The molecule has 2 aromatic heterocycles. The van der Waals surface area contributed by atoms with Crippen molar-refractivity contribution in [3.05, 3.63) is 59.9 Å². The fourth-order valence-electron chi connectivity index (χ4n) is 1.50. The van der Waals surface area contributed by atoms with E-state index in [2.05, 4.69) is 10.1 Å². The quantitative estimate of drug-likeness (QED) is 0.479. The van der Waals surface area contributed by atoms with Gasteiger partial charge in [0.05, 0.1) is 24.0 Å². The number of hydrogen-bond acceptors (Lipinski definition) is 5. The number of aliphatic carboxylic acids is 1. The number of carbonyl (C=O) groups is 2. The van der Waals surface area contributed by atoms with Crippen molar-refractivity contribution in [3.63, 3.8) is 0 Å². The molecule has 20 heavy (non-hydrogen) atoms. The highest BCUT2D eigenvalue weighted by atomic mass is 16.4. The van der Waals surface area contributed by atoms with Crippen LogP contribution in [-0.4, -0.2) is 36.7 Å². The summed E-state index contributed by atoms with van der Waals surface area (Å²) in [6.45, 7) is 0.392. The Hall–Kier alpha value is -2.96. The number of aliphatic hydroxyl groups is 1. The molecule has 0 saturated heterocycles. The molecule has 0 amide bonds. The lowest BCUT2D eigenvalue weighted by Gasteiger charge is -1.99. The SMILES string of the molecule is O=C(O)C(O)=CC(=O)c1cnn(Cc2ccccn2)c1. The standard InChI is InChI=1S/C13H11N3O4/c17-11(5-12(18)13(19)20)9-6-15-16(7-9)8-10-3-1-2-4-14-10/h1-7,18H,8H2,(H,19,20). The smallest absolute Gasteiger partial charge is 0.371 e. The maximum atomic E-state index is 11.7. The van der Waals surface area contributed by atoms with Crippen molar-refractivity contribution in [2.75, 3.05) is 0 Å². The number of nitrogens with zero attached hydrogens (tertiary/aromatic N) is 3. The number of carboxylic acid groups (broad SMARTS) is 1. The molecule has 2 aromatic rings. The molecule has 2 heterocycles. The largest absolute Gasteiger partial charge is 0.502 e. The van der Waals surface area contributed by atoms with E-state index < -0.39 is 17.5 Å². The first-order valence-electron chi connectivity index (χ1n) is 5.67. The third-order valence-electron chi connectivity index (χ3n) is 2.45. The summed E-state index contributed by atoms with van der Waals surface area (Å²) in [5, 5.41) is 21.5. The van der Waals surface area contributed by atoms with Crippen molar-refractivity contribution in [2.45, 2.75) is 6.54 Å². The number of pyridine rings is 1. The lowest BCUT2D eigenvalue weighted by molar-refractivity contribution is -0.135. The van der Waals surface area contributed by atoms with Crippen molar-refractivity contribution in [1.29, 1.82) is 0 Å². The fraction of sp³-hybridized carbons (Fsp3) is 0.0769. The Morgan fingerprint density at radius 2 is 2.10 bits per heavy atom. The second-order valence-electron chi connectivity index (χ2n) is 3.95. The zero-order chi connectivity index (χ0) is 14.5. The van der Waals surface area contributed by atoms with Crippen molar-refractivity contribution in [2.24, 2.45) is 0 Å². The van der Waals surface area contributed by atoms with E-state index in [1.807, 2.05) is 12.1 Å². The van der Waals surface area contributed by atoms with Gasteiger partial charge < -0.3 is 10.2 Å². The predicted molar refractivity (Wildman–Crippen MR) is 68.2 cm³/mol. The van der Waals surface area contributed by atoms with Gasteiger partial charge in [-0.3, -0.25) is 14.5 Å². The van der Waals surface area contributed by atoms with E-state index in [1.54, 1.807) is 12.3 Å². The Morgan fingerprint density at radius 3 is 2.75 bits per heavy atom. The van der Waals surface area contributed by atoms with Gasteiger partial charge in [-0.15, -0.1) is 0 Å². The Kier molecular flexibility index (Phi) is 3.90. The second-order valence-corrected chi connectivity index (χ2v) is 3.95. The molecule has 7 heteroatoms. The highest BCUT2D eigenvalue weighted by Gasteiger charge is 2.11. The number of aliphatic hydroxyl groups excluding tert-OH is 1. The highest BCUT2D eigenvalue weighted by Crippen LogP contribution is 2.04. The normalized spacial score (nSPS) is 11.3. The monoisotopic (exact) mass is 273 g/mol. The Bertz CT molecular complexity index is 661. The Labute approximate surface area is 113 Å². The van der Waals surface area contributed by atoms with E-state index in [1.165, 1.54) is 17.1 Å². The molecule has 0 saturated carbocycles. The van der Waals surface area contributed by atoms with Crippen molar-refractivity contribution in [3.8, 4) is 0 Å². The Balaban J connectivity index is 2.11. The molecule has 0 aliphatic heterocycles. The van der Waals surface area contributed by atoms with Gasteiger partial charge in [0.2, 0.25) is 5.76 Å². The van der Waals surface area contributed by atoms with Crippen LogP contribution in [0, 0.1) is 0 Å². The van der Waals surface area contributed by atoms with Crippen LogP contribution in [0.3, 0.4) is 0 Å². The van der Waals surface area contributed by atoms with E-state index in [9.17, 15) is 9.59 Å². The molecular formula is C13H11N3O4. The van der Waals surface area contributed by atoms with Crippen LogP contribution in [0.1, 0.15) is 16.1 Å². The average Bonchev–Trinajstić information content (AvgIpc) is 2.88. The zero-order valence-electron chi connectivity index (χ0n) is 10.3. The molecule has 0 aliphatic rings. The van der Waals surface area contributed by atoms with E-state index in [0.717, 1.165) is 5.69 Å². The van der Waals surface area contributed by atoms with Crippen molar-refractivity contribution < 1.29 is 19.8 Å². The van der Waals surface area contributed by atoms with Crippen LogP contribution >= 0.6 is 0 Å². The topological polar surface area (TPSA) is 105 Å². The first-order chi connectivity index (χ1) is 9.56. The number of carboxylic acids is 1. The fourth-order valence-corrected chi connectivity index (χ4v) is 1.50. The number of carbonyl (C=O) groups excluding carboxylic acids is 1. The van der Waals surface area contributed by atoms with Gasteiger partial charge >= 0.3 is 5.97 Å². The molecule has 0 bridgehead atoms. The van der Waals surface area contributed by atoms with Crippen LogP contribution in [0.4, 0.5) is 0 Å². The lowest BCUT2D eigenvalue weighted by Crippen LogP contribution is -2.04. The Morgan fingerprint density at radius 1 is 1.30 bits per heavy atom. The van der Waals surface area contributed by atoms with Gasteiger partial charge in [-0.25, -0.2) is 4.79 Å². The summed E-state index contributed by atoms with van der Waals surface area (Å²) < 4.78 is 1.50. The van der Waals surface area contributed by atoms with E-state index in [-0.39, 0.29) is 5.56 Å². The van der Waals surface area contributed by atoms with Crippen LogP contribution in [0.25, 0.3) is 0 Å². The summed E-state index contributed by atoms with van der Waals surface area (Å²) in [4.78, 5) is 26.2. The predicted octanol–water partition coefficient (Wildman–Crippen LogP) is 1.04. The molecule has 0 fully saturated rings. The molecule has 0 unspecified atom stereocenters. The average molecular weight is 273 g/mol. The summed E-state index contributed by atoms with van der Waals surface area (Å²) in [5.41, 5.74) is 0.965. The third-order valence-corrected chi connectivity index (χ3v) is 2.45. The first kappa shape index (κ1) is 13.5. The van der Waals surface area contributed by atoms with Crippen LogP contribution < -0.4 is 0 Å². The van der Waals surface area contributed by atoms with Gasteiger partial charge in [0.25, 0.3) is 0 Å². The highest BCUT2D eigenvalue weighted by molar-refractivity contribution is 6.07. The van der Waals surface area contributed by atoms with E-state index in [4.69, 9.17) is 10.2 Å². The summed E-state index contributed by atoms with van der Waals surface area (Å²) in [6, 6.07) is 5.45. The molecule has 2 rings (SSSR count). The van der Waals surface area contributed by atoms with Crippen molar-refractivity contribution >= 4 is 11.8 Å². The van der Waals surface area contributed by atoms with E-state index >= 15 is 0 Å². The summed E-state index contributed by atoms with van der Waals surface area (Å²) in [5.74, 6) is -3.19. The zero-order valence-corrected chi connectivity index (χ0v) is 10.3. The van der Waals surface area contributed by atoms with Crippen LogP contribution in [0.2, 0.25) is 0 Å². The van der Waals surface area contributed by atoms with Gasteiger partial charge in [-0.05, 0) is 12.1 Å². The number of aromatic nitrogens is 3. The molecule has 0 spiro atoms. The van der Waals surface area contributed by atoms with Crippen LogP contribution in [-0.2, 0) is 11.3 Å². The maximum absolute atomic E-state index is 11.7. The van der Waals surface area contributed by atoms with Crippen LogP contribution in [0.5, 0.6) is 0 Å².